The van der Waals surface area contributed by atoms with Crippen LogP contribution in [0.2, 0.25) is 0 Å². The Labute approximate surface area is 99.3 Å². The number of ether oxygens (including phenoxy) is 1. The van der Waals surface area contributed by atoms with Crippen molar-refractivity contribution in [3.8, 4) is 0 Å². The monoisotopic (exact) mass is 230 g/mol. The van der Waals surface area contributed by atoms with Gasteiger partial charge in [-0.2, -0.15) is 0 Å². The summed E-state index contributed by atoms with van der Waals surface area (Å²) in [5, 5.41) is 0.663. The minimum absolute atomic E-state index is 0.404. The van der Waals surface area contributed by atoms with E-state index in [-0.39, 0.29) is 0 Å². The first-order valence-corrected chi connectivity index (χ1v) is 7.22. The lowest BCUT2D eigenvalue weighted by Gasteiger charge is -2.43. The Morgan fingerprint density at radius 3 is 2.13 bits per heavy atom. The topological polar surface area (TPSA) is 9.23 Å². The molecule has 1 aliphatic rings. The summed E-state index contributed by atoms with van der Waals surface area (Å²) in [6.45, 7) is 13.8. The third-order valence-electron chi connectivity index (χ3n) is 3.79. The minimum atomic E-state index is 0.404. The highest BCUT2D eigenvalue weighted by Gasteiger charge is 2.38. The molecule has 0 bridgehead atoms. The maximum Gasteiger partial charge on any atom is 0.106 e. The lowest BCUT2D eigenvalue weighted by atomic mass is 9.79. The number of hydrogen-bond donors (Lipinski definition) is 0. The second-order valence-corrected chi connectivity index (χ2v) is 6.89. The Balaban J connectivity index is 2.65. The molecule has 1 heterocycles. The van der Waals surface area contributed by atoms with Gasteiger partial charge in [-0.1, -0.05) is 41.5 Å². The van der Waals surface area contributed by atoms with Crippen LogP contribution < -0.4 is 0 Å². The van der Waals surface area contributed by atoms with Crippen molar-refractivity contribution in [2.45, 2.75) is 64.8 Å². The molecule has 0 aliphatic carbocycles. The Kier molecular flexibility index (Phi) is 4.98. The molecule has 2 heteroatoms. The Bertz CT molecular complexity index is 191. The summed E-state index contributed by atoms with van der Waals surface area (Å²) < 4.78 is 6.20. The molecular weight excluding hydrogens is 204 g/mol. The van der Waals surface area contributed by atoms with Gasteiger partial charge in [-0.05, 0) is 24.2 Å². The van der Waals surface area contributed by atoms with Crippen molar-refractivity contribution < 1.29 is 4.74 Å². The predicted octanol–water partition coefficient (Wildman–Crippen LogP) is 4.17. The molecule has 0 aromatic carbocycles. The van der Waals surface area contributed by atoms with E-state index >= 15 is 0 Å². The molecule has 0 radical (unpaired) electrons. The van der Waals surface area contributed by atoms with Gasteiger partial charge in [0.25, 0.3) is 0 Å². The van der Waals surface area contributed by atoms with Gasteiger partial charge in [-0.15, -0.1) is 11.8 Å². The lowest BCUT2D eigenvalue weighted by Crippen LogP contribution is -2.43. The Hall–Kier alpha value is 0.310. The fourth-order valence-corrected chi connectivity index (χ4v) is 3.62. The van der Waals surface area contributed by atoms with Gasteiger partial charge < -0.3 is 4.74 Å². The highest BCUT2D eigenvalue weighted by atomic mass is 32.2. The molecule has 0 amide bonds. The van der Waals surface area contributed by atoms with Crippen molar-refractivity contribution in [2.24, 2.45) is 17.8 Å². The molecule has 0 N–H and O–H groups in total. The van der Waals surface area contributed by atoms with E-state index in [4.69, 9.17) is 4.74 Å². The molecule has 5 atom stereocenters. The van der Waals surface area contributed by atoms with Gasteiger partial charge in [0.2, 0.25) is 0 Å². The molecule has 1 nitrogen and oxygen atoms in total. The second-order valence-electron chi connectivity index (χ2n) is 5.21. The quantitative estimate of drug-likeness (QED) is 0.719. The van der Waals surface area contributed by atoms with Gasteiger partial charge in [-0.3, -0.25) is 0 Å². The molecule has 0 aromatic heterocycles. The fraction of sp³-hybridized carbons (Fsp3) is 1.00. The van der Waals surface area contributed by atoms with E-state index in [9.17, 15) is 0 Å². The zero-order valence-corrected chi connectivity index (χ0v) is 11.8. The van der Waals surface area contributed by atoms with Gasteiger partial charge in [0.15, 0.2) is 0 Å². The Morgan fingerprint density at radius 2 is 1.67 bits per heavy atom. The van der Waals surface area contributed by atoms with Crippen molar-refractivity contribution in [3.05, 3.63) is 0 Å². The summed E-state index contributed by atoms with van der Waals surface area (Å²) >= 11 is 1.99. The molecule has 15 heavy (non-hydrogen) atoms. The molecule has 2 unspecified atom stereocenters. The van der Waals surface area contributed by atoms with Crippen molar-refractivity contribution in [2.75, 3.05) is 0 Å². The predicted molar refractivity (Wildman–Crippen MR) is 69.2 cm³/mol. The molecule has 90 valence electrons. The van der Waals surface area contributed by atoms with Gasteiger partial charge in [0.05, 0.1) is 6.10 Å². The summed E-state index contributed by atoms with van der Waals surface area (Å²) in [6, 6.07) is 0. The molecule has 0 spiro atoms. The number of hydrogen-bond acceptors (Lipinski definition) is 2. The SMILES string of the molecule is CCC1O[C@@H](SC(C)C)C(C)[C@@H](C)[C@H]1C. The van der Waals surface area contributed by atoms with E-state index in [0.29, 0.717) is 28.6 Å². The molecule has 1 rings (SSSR count). The summed E-state index contributed by atoms with van der Waals surface area (Å²) in [5.74, 6) is 2.16. The fourth-order valence-electron chi connectivity index (χ4n) is 2.38. The summed E-state index contributed by atoms with van der Waals surface area (Å²) in [7, 11) is 0. The van der Waals surface area contributed by atoms with E-state index < -0.39 is 0 Å². The first kappa shape index (κ1) is 13.4. The minimum Gasteiger partial charge on any atom is -0.364 e. The van der Waals surface area contributed by atoms with Crippen molar-refractivity contribution in [1.29, 1.82) is 0 Å². The van der Waals surface area contributed by atoms with E-state index in [0.717, 1.165) is 12.3 Å². The van der Waals surface area contributed by atoms with Crippen LogP contribution in [0, 0.1) is 17.8 Å². The van der Waals surface area contributed by atoms with E-state index in [1.807, 2.05) is 11.8 Å². The first-order chi connectivity index (χ1) is 6.97. The van der Waals surface area contributed by atoms with Gasteiger partial charge in [0.1, 0.15) is 5.44 Å². The molecule has 1 fully saturated rings. The molecule has 1 aliphatic heterocycles. The zero-order valence-electron chi connectivity index (χ0n) is 11.0. The Morgan fingerprint density at radius 1 is 1.07 bits per heavy atom. The van der Waals surface area contributed by atoms with Crippen LogP contribution in [0.1, 0.15) is 48.0 Å². The average molecular weight is 230 g/mol. The smallest absolute Gasteiger partial charge is 0.106 e. The van der Waals surface area contributed by atoms with Gasteiger partial charge in [0, 0.05) is 5.25 Å². The third kappa shape index (κ3) is 3.13. The van der Waals surface area contributed by atoms with Crippen LogP contribution in [-0.4, -0.2) is 16.8 Å². The van der Waals surface area contributed by atoms with E-state index in [1.165, 1.54) is 0 Å². The first-order valence-electron chi connectivity index (χ1n) is 6.28. The molecular formula is C13H26OS. The van der Waals surface area contributed by atoms with Gasteiger partial charge >= 0.3 is 0 Å². The normalized spacial score (nSPS) is 42.2. The van der Waals surface area contributed by atoms with Crippen molar-refractivity contribution >= 4 is 11.8 Å². The highest BCUT2D eigenvalue weighted by molar-refractivity contribution is 8.00. The van der Waals surface area contributed by atoms with Crippen LogP contribution in [0.15, 0.2) is 0 Å². The maximum atomic E-state index is 6.20. The largest absolute Gasteiger partial charge is 0.364 e. The standard InChI is InChI=1S/C13H26OS/c1-7-12-10(5)9(4)11(6)13(14-12)15-8(2)3/h8-13H,7H2,1-6H3/t9-,10+,11?,12?,13-/m0/s1. The maximum absolute atomic E-state index is 6.20. The highest BCUT2D eigenvalue weighted by Crippen LogP contribution is 2.41. The number of thioether (sulfide) groups is 1. The van der Waals surface area contributed by atoms with Crippen LogP contribution in [0.4, 0.5) is 0 Å². The van der Waals surface area contributed by atoms with Crippen molar-refractivity contribution in [3.63, 3.8) is 0 Å². The third-order valence-corrected chi connectivity index (χ3v) is 5.14. The number of rotatable bonds is 3. The molecule has 1 saturated heterocycles. The van der Waals surface area contributed by atoms with E-state index in [1.54, 1.807) is 0 Å². The van der Waals surface area contributed by atoms with Crippen LogP contribution >= 0.6 is 11.8 Å². The van der Waals surface area contributed by atoms with Crippen LogP contribution in [0.5, 0.6) is 0 Å². The summed E-state index contributed by atoms with van der Waals surface area (Å²) in [5.41, 5.74) is 0.404. The van der Waals surface area contributed by atoms with E-state index in [2.05, 4.69) is 41.5 Å². The average Bonchev–Trinajstić information content (AvgIpc) is 2.18. The molecule has 0 aromatic rings. The van der Waals surface area contributed by atoms with Crippen LogP contribution in [-0.2, 0) is 4.74 Å². The van der Waals surface area contributed by atoms with Crippen molar-refractivity contribution in [1.82, 2.24) is 0 Å². The second kappa shape index (κ2) is 5.58. The van der Waals surface area contributed by atoms with Crippen LogP contribution in [0.3, 0.4) is 0 Å². The zero-order chi connectivity index (χ0) is 11.6. The molecule has 0 saturated carbocycles. The van der Waals surface area contributed by atoms with Crippen LogP contribution in [0.25, 0.3) is 0 Å². The summed E-state index contributed by atoms with van der Waals surface area (Å²) in [6.07, 6.45) is 1.61. The van der Waals surface area contributed by atoms with Gasteiger partial charge in [-0.25, -0.2) is 0 Å². The lowest BCUT2D eigenvalue weighted by molar-refractivity contribution is -0.0946. The summed E-state index contributed by atoms with van der Waals surface area (Å²) in [4.78, 5) is 0.